The molecule has 2 aromatic carbocycles. The molecule has 0 atom stereocenters. The van der Waals surface area contributed by atoms with Crippen LogP contribution in [0.15, 0.2) is 54.7 Å². The van der Waals surface area contributed by atoms with Gasteiger partial charge in [-0.15, -0.1) is 0 Å². The maximum atomic E-state index is 12.6. The van der Waals surface area contributed by atoms with Gasteiger partial charge in [0.05, 0.1) is 23.1 Å². The Bertz CT molecular complexity index is 1010. The van der Waals surface area contributed by atoms with Crippen molar-refractivity contribution in [2.75, 3.05) is 10.6 Å². The molecule has 3 aromatic rings. The van der Waals surface area contributed by atoms with E-state index in [2.05, 4.69) is 15.7 Å². The number of benzene rings is 2. The third-order valence-electron chi connectivity index (χ3n) is 4.24. The van der Waals surface area contributed by atoms with Gasteiger partial charge >= 0.3 is 0 Å². The first-order chi connectivity index (χ1) is 13.3. The molecule has 2 N–H and O–H groups in total. The highest BCUT2D eigenvalue weighted by molar-refractivity contribution is 6.30. The Kier molecular flexibility index (Phi) is 5.80. The molecule has 0 spiro atoms. The van der Waals surface area contributed by atoms with Gasteiger partial charge in [0.1, 0.15) is 0 Å². The summed E-state index contributed by atoms with van der Waals surface area (Å²) in [4.78, 5) is 24.4. The van der Waals surface area contributed by atoms with E-state index < -0.39 is 0 Å². The smallest absolute Gasteiger partial charge is 0.259 e. The number of amides is 2. The fraction of sp³-hybridized carbons (Fsp3) is 0.190. The van der Waals surface area contributed by atoms with Crippen molar-refractivity contribution in [3.8, 4) is 5.69 Å². The van der Waals surface area contributed by atoms with Gasteiger partial charge < -0.3 is 10.6 Å². The van der Waals surface area contributed by atoms with E-state index in [1.54, 1.807) is 41.1 Å². The van der Waals surface area contributed by atoms with Gasteiger partial charge in [-0.1, -0.05) is 31.5 Å². The number of hydrogen-bond acceptors (Lipinski definition) is 3. The highest BCUT2D eigenvalue weighted by atomic mass is 35.5. The van der Waals surface area contributed by atoms with Gasteiger partial charge in [-0.25, -0.2) is 4.68 Å². The fourth-order valence-corrected chi connectivity index (χ4v) is 2.81. The van der Waals surface area contributed by atoms with E-state index in [-0.39, 0.29) is 17.7 Å². The minimum absolute atomic E-state index is 0.0548. The summed E-state index contributed by atoms with van der Waals surface area (Å²) in [5.74, 6) is -0.413. The third kappa shape index (κ3) is 4.40. The van der Waals surface area contributed by atoms with E-state index in [4.69, 9.17) is 11.6 Å². The lowest BCUT2D eigenvalue weighted by atomic mass is 10.2. The molecular weight excluding hydrogens is 376 g/mol. The zero-order chi connectivity index (χ0) is 20.3. The van der Waals surface area contributed by atoms with Crippen molar-refractivity contribution in [1.82, 2.24) is 9.78 Å². The van der Waals surface area contributed by atoms with E-state index in [1.807, 2.05) is 32.9 Å². The standard InChI is InChI=1S/C21H21ClN4O2/c1-13(2)20(27)24-16-7-9-17(10-8-16)25-21(28)19-12-23-26(14(19)3)18-6-4-5-15(22)11-18/h4-13H,1-3H3,(H,24,27)(H,25,28). The normalized spacial score (nSPS) is 10.8. The van der Waals surface area contributed by atoms with Crippen LogP contribution in [0.3, 0.4) is 0 Å². The lowest BCUT2D eigenvalue weighted by molar-refractivity contribution is -0.118. The Morgan fingerprint density at radius 2 is 1.68 bits per heavy atom. The largest absolute Gasteiger partial charge is 0.326 e. The molecule has 6 nitrogen and oxygen atoms in total. The van der Waals surface area contributed by atoms with Crippen molar-refractivity contribution in [1.29, 1.82) is 0 Å². The van der Waals surface area contributed by atoms with E-state index in [0.29, 0.717) is 27.7 Å². The molecule has 1 heterocycles. The predicted octanol–water partition coefficient (Wildman–Crippen LogP) is 4.68. The second kappa shape index (κ2) is 8.27. The van der Waals surface area contributed by atoms with Gasteiger partial charge in [0.15, 0.2) is 0 Å². The maximum Gasteiger partial charge on any atom is 0.259 e. The summed E-state index contributed by atoms with van der Waals surface area (Å²) in [6.45, 7) is 5.49. The SMILES string of the molecule is Cc1c(C(=O)Nc2ccc(NC(=O)C(C)C)cc2)cnn1-c1cccc(Cl)c1. The van der Waals surface area contributed by atoms with Gasteiger partial charge in [-0.2, -0.15) is 5.10 Å². The van der Waals surface area contributed by atoms with Crippen LogP contribution in [0.1, 0.15) is 29.9 Å². The molecule has 3 rings (SSSR count). The van der Waals surface area contributed by atoms with Gasteiger partial charge in [-0.05, 0) is 49.4 Å². The summed E-state index contributed by atoms with van der Waals surface area (Å²) in [6, 6.07) is 14.2. The number of nitrogens with one attached hydrogen (secondary N) is 2. The van der Waals surface area contributed by atoms with Crippen LogP contribution in [-0.4, -0.2) is 21.6 Å². The minimum atomic E-state index is -0.259. The third-order valence-corrected chi connectivity index (χ3v) is 4.48. The molecule has 144 valence electrons. The number of halogens is 1. The molecule has 0 radical (unpaired) electrons. The molecule has 0 saturated heterocycles. The van der Waals surface area contributed by atoms with Crippen LogP contribution in [-0.2, 0) is 4.79 Å². The molecule has 0 aliphatic carbocycles. The van der Waals surface area contributed by atoms with Gasteiger partial charge in [-0.3, -0.25) is 9.59 Å². The monoisotopic (exact) mass is 396 g/mol. The summed E-state index contributed by atoms with van der Waals surface area (Å²) >= 11 is 6.04. The molecule has 0 unspecified atom stereocenters. The topological polar surface area (TPSA) is 76.0 Å². The average Bonchev–Trinajstić information content (AvgIpc) is 3.04. The van der Waals surface area contributed by atoms with Crippen LogP contribution < -0.4 is 10.6 Å². The molecule has 0 saturated carbocycles. The van der Waals surface area contributed by atoms with Crippen LogP contribution >= 0.6 is 11.6 Å². The van der Waals surface area contributed by atoms with Crippen molar-refractivity contribution < 1.29 is 9.59 Å². The molecular formula is C21H21ClN4O2. The van der Waals surface area contributed by atoms with Crippen LogP contribution in [0.4, 0.5) is 11.4 Å². The van der Waals surface area contributed by atoms with Gasteiger partial charge in [0.2, 0.25) is 5.91 Å². The molecule has 0 aliphatic heterocycles. The second-order valence-electron chi connectivity index (χ2n) is 6.71. The van der Waals surface area contributed by atoms with Crippen molar-refractivity contribution in [3.63, 3.8) is 0 Å². The molecule has 0 aliphatic rings. The Labute approximate surface area is 168 Å². The highest BCUT2D eigenvalue weighted by Crippen LogP contribution is 2.20. The van der Waals surface area contributed by atoms with Crippen molar-refractivity contribution >= 4 is 34.8 Å². The van der Waals surface area contributed by atoms with Crippen LogP contribution in [0.5, 0.6) is 0 Å². The second-order valence-corrected chi connectivity index (χ2v) is 7.15. The highest BCUT2D eigenvalue weighted by Gasteiger charge is 2.16. The van der Waals surface area contributed by atoms with Gasteiger partial charge in [0.25, 0.3) is 5.91 Å². The zero-order valence-corrected chi connectivity index (χ0v) is 16.6. The number of carbonyl (C=O) groups excluding carboxylic acids is 2. The predicted molar refractivity (Wildman–Crippen MR) is 111 cm³/mol. The van der Waals surface area contributed by atoms with Crippen LogP contribution in [0.2, 0.25) is 5.02 Å². The van der Waals surface area contributed by atoms with Crippen molar-refractivity contribution in [2.45, 2.75) is 20.8 Å². The molecule has 0 fully saturated rings. The van der Waals surface area contributed by atoms with Crippen LogP contribution in [0.25, 0.3) is 5.69 Å². The molecule has 1 aromatic heterocycles. The number of carbonyl (C=O) groups is 2. The first kappa shape index (κ1) is 19.6. The first-order valence-corrected chi connectivity index (χ1v) is 9.26. The molecule has 0 bridgehead atoms. The Morgan fingerprint density at radius 3 is 2.29 bits per heavy atom. The van der Waals surface area contributed by atoms with Crippen molar-refractivity contribution in [3.05, 3.63) is 71.0 Å². The molecule has 2 amide bonds. The van der Waals surface area contributed by atoms with E-state index in [0.717, 1.165) is 5.69 Å². The van der Waals surface area contributed by atoms with Crippen LogP contribution in [0, 0.1) is 12.8 Å². The number of nitrogens with zero attached hydrogens (tertiary/aromatic N) is 2. The first-order valence-electron chi connectivity index (χ1n) is 8.88. The maximum absolute atomic E-state index is 12.6. The van der Waals surface area contributed by atoms with E-state index in [1.165, 1.54) is 6.20 Å². The Hall–Kier alpha value is -3.12. The fourth-order valence-electron chi connectivity index (χ4n) is 2.62. The number of hydrogen-bond donors (Lipinski definition) is 2. The van der Waals surface area contributed by atoms with Gasteiger partial charge in [0, 0.05) is 22.3 Å². The molecule has 7 heteroatoms. The summed E-state index contributed by atoms with van der Waals surface area (Å²) in [7, 11) is 0. The Morgan fingerprint density at radius 1 is 1.04 bits per heavy atom. The minimum Gasteiger partial charge on any atom is -0.326 e. The summed E-state index contributed by atoms with van der Waals surface area (Å²) in [5.41, 5.74) is 3.27. The number of aromatic nitrogens is 2. The lowest BCUT2D eigenvalue weighted by Crippen LogP contribution is -2.17. The quantitative estimate of drug-likeness (QED) is 0.657. The van der Waals surface area contributed by atoms with E-state index >= 15 is 0 Å². The number of anilines is 2. The summed E-state index contributed by atoms with van der Waals surface area (Å²) in [6.07, 6.45) is 1.53. The average molecular weight is 397 g/mol. The molecule has 28 heavy (non-hydrogen) atoms. The lowest BCUT2D eigenvalue weighted by Gasteiger charge is -2.09. The Balaban J connectivity index is 1.72. The van der Waals surface area contributed by atoms with Crippen molar-refractivity contribution in [2.24, 2.45) is 5.92 Å². The summed E-state index contributed by atoms with van der Waals surface area (Å²) in [5, 5.41) is 10.6. The van der Waals surface area contributed by atoms with E-state index in [9.17, 15) is 9.59 Å². The number of rotatable bonds is 5. The summed E-state index contributed by atoms with van der Waals surface area (Å²) < 4.78 is 1.67. The zero-order valence-electron chi connectivity index (χ0n) is 15.9.